The van der Waals surface area contributed by atoms with Gasteiger partial charge in [-0.3, -0.25) is 0 Å². The highest BCUT2D eigenvalue weighted by molar-refractivity contribution is 5.68. The first-order valence-electron chi connectivity index (χ1n) is 7.93. The van der Waals surface area contributed by atoms with Crippen molar-refractivity contribution in [2.75, 3.05) is 0 Å². The summed E-state index contributed by atoms with van der Waals surface area (Å²) in [6.07, 6.45) is 13.3. The van der Waals surface area contributed by atoms with Crippen LogP contribution in [0.4, 0.5) is 0 Å². The average Bonchev–Trinajstić information content (AvgIpc) is 2.77. The molecule has 2 aromatic rings. The van der Waals surface area contributed by atoms with Crippen LogP contribution in [0.3, 0.4) is 0 Å². The van der Waals surface area contributed by atoms with Gasteiger partial charge in [-0.1, -0.05) is 0 Å². The minimum absolute atomic E-state index is 0.538. The SMILES string of the molecule is c1ncc2[nH]c(CC34CC5CC(CC(C5)C3)C4)nc2n1. The molecule has 0 unspecified atom stereocenters. The van der Waals surface area contributed by atoms with Gasteiger partial charge in [0, 0.05) is 6.42 Å². The smallest absolute Gasteiger partial charge is 0.180 e. The van der Waals surface area contributed by atoms with Crippen molar-refractivity contribution in [3.63, 3.8) is 0 Å². The zero-order chi connectivity index (χ0) is 13.2. The lowest BCUT2D eigenvalue weighted by molar-refractivity contribution is -0.0530. The van der Waals surface area contributed by atoms with E-state index in [1.165, 1.54) is 38.5 Å². The van der Waals surface area contributed by atoms with Crippen LogP contribution in [0.15, 0.2) is 12.5 Å². The highest BCUT2D eigenvalue weighted by atomic mass is 15.0. The number of hydrogen-bond donors (Lipinski definition) is 1. The maximum atomic E-state index is 4.68. The lowest BCUT2D eigenvalue weighted by atomic mass is 9.49. The van der Waals surface area contributed by atoms with Crippen molar-refractivity contribution >= 4 is 11.2 Å². The maximum absolute atomic E-state index is 4.68. The second-order valence-electron chi connectivity index (χ2n) is 7.54. The molecule has 2 heterocycles. The summed E-state index contributed by atoms with van der Waals surface area (Å²) in [5.41, 5.74) is 2.34. The Balaban J connectivity index is 1.48. The van der Waals surface area contributed by atoms with Crippen LogP contribution < -0.4 is 0 Å². The summed E-state index contributed by atoms with van der Waals surface area (Å²) < 4.78 is 0. The molecule has 2 aromatic heterocycles. The van der Waals surface area contributed by atoms with Crippen molar-refractivity contribution in [1.82, 2.24) is 19.9 Å². The molecule has 0 radical (unpaired) electrons. The number of nitrogens with zero attached hydrogens (tertiary/aromatic N) is 3. The molecule has 4 saturated carbocycles. The summed E-state index contributed by atoms with van der Waals surface area (Å²) in [7, 11) is 0. The van der Waals surface area contributed by atoms with Gasteiger partial charge in [0.15, 0.2) is 5.65 Å². The average molecular weight is 268 g/mol. The van der Waals surface area contributed by atoms with Crippen molar-refractivity contribution in [2.45, 2.75) is 44.9 Å². The topological polar surface area (TPSA) is 54.5 Å². The standard InChI is InChI=1S/C16H20N4/c1-10-2-12-3-11(1)5-16(4-10,6-12)7-14-19-13-8-17-9-18-15(13)20-14/h8-12H,1-7H2,(H,17,18,19,20). The lowest BCUT2D eigenvalue weighted by Gasteiger charge is -2.56. The molecule has 0 atom stereocenters. The highest BCUT2D eigenvalue weighted by Gasteiger charge is 2.50. The van der Waals surface area contributed by atoms with Gasteiger partial charge in [0.1, 0.15) is 17.7 Å². The van der Waals surface area contributed by atoms with Crippen LogP contribution in [-0.2, 0) is 6.42 Å². The summed E-state index contributed by atoms with van der Waals surface area (Å²) in [5.74, 6) is 4.14. The number of imidazole rings is 1. The number of rotatable bonds is 2. The molecule has 104 valence electrons. The van der Waals surface area contributed by atoms with Gasteiger partial charge >= 0.3 is 0 Å². The van der Waals surface area contributed by atoms with Gasteiger partial charge in [0.25, 0.3) is 0 Å². The van der Waals surface area contributed by atoms with E-state index in [4.69, 9.17) is 0 Å². The molecule has 0 aromatic carbocycles. The predicted octanol–water partition coefficient (Wildman–Crippen LogP) is 3.11. The molecule has 0 spiro atoms. The van der Waals surface area contributed by atoms with Crippen molar-refractivity contribution in [3.8, 4) is 0 Å². The Morgan fingerprint density at radius 1 is 1.10 bits per heavy atom. The summed E-state index contributed by atoms with van der Waals surface area (Å²) in [6.45, 7) is 0. The van der Waals surface area contributed by atoms with E-state index in [1.807, 2.05) is 6.20 Å². The Morgan fingerprint density at radius 2 is 1.80 bits per heavy atom. The van der Waals surface area contributed by atoms with E-state index in [9.17, 15) is 0 Å². The fourth-order valence-corrected chi connectivity index (χ4v) is 5.76. The maximum Gasteiger partial charge on any atom is 0.180 e. The van der Waals surface area contributed by atoms with E-state index in [-0.39, 0.29) is 0 Å². The molecule has 20 heavy (non-hydrogen) atoms. The molecule has 0 amide bonds. The van der Waals surface area contributed by atoms with Gasteiger partial charge in [-0.25, -0.2) is 15.0 Å². The first-order valence-corrected chi connectivity index (χ1v) is 7.93. The molecule has 0 saturated heterocycles. The molecular weight excluding hydrogens is 248 g/mol. The van der Waals surface area contributed by atoms with Crippen LogP contribution in [0.5, 0.6) is 0 Å². The van der Waals surface area contributed by atoms with E-state index in [0.29, 0.717) is 5.41 Å². The van der Waals surface area contributed by atoms with Gasteiger partial charge in [-0.2, -0.15) is 0 Å². The molecule has 0 aliphatic heterocycles. The molecule has 1 N–H and O–H groups in total. The first-order chi connectivity index (χ1) is 9.78. The van der Waals surface area contributed by atoms with E-state index in [2.05, 4.69) is 19.9 Å². The fraction of sp³-hybridized carbons (Fsp3) is 0.688. The zero-order valence-electron chi connectivity index (χ0n) is 11.7. The second kappa shape index (κ2) is 3.80. The van der Waals surface area contributed by atoms with Crippen LogP contribution in [0.1, 0.15) is 44.3 Å². The number of aromatic amines is 1. The van der Waals surface area contributed by atoms with Crippen molar-refractivity contribution in [1.29, 1.82) is 0 Å². The first kappa shape index (κ1) is 11.2. The van der Waals surface area contributed by atoms with Gasteiger partial charge in [-0.05, 0) is 61.7 Å². The third-order valence-corrected chi connectivity index (χ3v) is 5.92. The van der Waals surface area contributed by atoms with Crippen molar-refractivity contribution < 1.29 is 0 Å². The Bertz CT molecular complexity index is 591. The van der Waals surface area contributed by atoms with E-state index in [1.54, 1.807) is 6.33 Å². The Morgan fingerprint density at radius 3 is 2.45 bits per heavy atom. The van der Waals surface area contributed by atoms with Crippen molar-refractivity contribution in [2.24, 2.45) is 23.2 Å². The van der Waals surface area contributed by atoms with Gasteiger partial charge in [0.05, 0.1) is 6.20 Å². The third-order valence-electron chi connectivity index (χ3n) is 5.92. The van der Waals surface area contributed by atoms with Crippen LogP contribution in [0, 0.1) is 23.2 Å². The van der Waals surface area contributed by atoms with Crippen LogP contribution in [0.2, 0.25) is 0 Å². The summed E-state index contributed by atoms with van der Waals surface area (Å²) in [4.78, 5) is 16.4. The number of hydrogen-bond acceptors (Lipinski definition) is 3. The molecule has 4 aliphatic carbocycles. The fourth-order valence-electron chi connectivity index (χ4n) is 5.76. The van der Waals surface area contributed by atoms with Gasteiger partial charge < -0.3 is 4.98 Å². The number of H-pyrrole nitrogens is 1. The number of fused-ring (bicyclic) bond motifs is 1. The number of aromatic nitrogens is 4. The second-order valence-corrected chi connectivity index (χ2v) is 7.54. The summed E-state index contributed by atoms with van der Waals surface area (Å²) >= 11 is 0. The van der Waals surface area contributed by atoms with E-state index in [0.717, 1.165) is 41.2 Å². The third kappa shape index (κ3) is 1.63. The Kier molecular flexibility index (Phi) is 2.14. The van der Waals surface area contributed by atoms with Gasteiger partial charge in [-0.15, -0.1) is 0 Å². The number of nitrogens with one attached hydrogen (secondary N) is 1. The highest BCUT2D eigenvalue weighted by Crippen LogP contribution is 2.60. The van der Waals surface area contributed by atoms with Crippen molar-refractivity contribution in [3.05, 3.63) is 18.3 Å². The summed E-state index contributed by atoms with van der Waals surface area (Å²) in [6, 6.07) is 0. The molecule has 6 rings (SSSR count). The largest absolute Gasteiger partial charge is 0.339 e. The Labute approximate surface area is 118 Å². The minimum Gasteiger partial charge on any atom is -0.339 e. The van der Waals surface area contributed by atoms with Crippen LogP contribution in [0.25, 0.3) is 11.2 Å². The predicted molar refractivity (Wildman–Crippen MR) is 76.0 cm³/mol. The van der Waals surface area contributed by atoms with E-state index >= 15 is 0 Å². The molecule has 4 heteroatoms. The van der Waals surface area contributed by atoms with Crippen LogP contribution >= 0.6 is 0 Å². The zero-order valence-corrected chi connectivity index (χ0v) is 11.7. The Hall–Kier alpha value is -1.45. The molecular formula is C16H20N4. The monoisotopic (exact) mass is 268 g/mol. The molecule has 4 fully saturated rings. The summed E-state index contributed by atoms with van der Waals surface area (Å²) in [5, 5.41) is 0. The molecule has 4 nitrogen and oxygen atoms in total. The lowest BCUT2D eigenvalue weighted by Crippen LogP contribution is -2.47. The molecule has 4 bridgehead atoms. The minimum atomic E-state index is 0.538. The molecule has 4 aliphatic rings. The van der Waals surface area contributed by atoms with Gasteiger partial charge in [0.2, 0.25) is 0 Å². The van der Waals surface area contributed by atoms with Crippen LogP contribution in [-0.4, -0.2) is 19.9 Å². The normalized spacial score (nSPS) is 38.7. The van der Waals surface area contributed by atoms with E-state index < -0.39 is 0 Å². The quantitative estimate of drug-likeness (QED) is 0.910.